The summed E-state index contributed by atoms with van der Waals surface area (Å²) in [5.74, 6) is -0.216. The molecule has 0 spiro atoms. The standard InChI is InChI=1S/C15H20ClNO2/c1-3-10-15(2,19)11-17-14(18)9-6-12-4-7-13(16)8-5-12/h4-9,19H,3,10-11H2,1-2H3,(H,17,18)/b9-6+. The highest BCUT2D eigenvalue weighted by Crippen LogP contribution is 2.11. The zero-order valence-corrected chi connectivity index (χ0v) is 12.1. The Morgan fingerprint density at radius 1 is 1.42 bits per heavy atom. The Morgan fingerprint density at radius 3 is 2.63 bits per heavy atom. The molecule has 0 aliphatic carbocycles. The number of carbonyl (C=O) groups excluding carboxylic acids is 1. The van der Waals surface area contributed by atoms with Crippen LogP contribution in [0.25, 0.3) is 6.08 Å². The molecule has 0 saturated carbocycles. The fourth-order valence-corrected chi connectivity index (χ4v) is 1.84. The van der Waals surface area contributed by atoms with Crippen molar-refractivity contribution in [1.29, 1.82) is 0 Å². The second-order valence-corrected chi connectivity index (χ2v) is 5.29. The van der Waals surface area contributed by atoms with Crippen LogP contribution in [0.2, 0.25) is 5.02 Å². The first-order valence-electron chi connectivity index (χ1n) is 6.37. The average Bonchev–Trinajstić information content (AvgIpc) is 2.36. The zero-order valence-electron chi connectivity index (χ0n) is 11.3. The van der Waals surface area contributed by atoms with Crippen LogP contribution in [0.4, 0.5) is 0 Å². The van der Waals surface area contributed by atoms with Gasteiger partial charge in [-0.15, -0.1) is 0 Å². The summed E-state index contributed by atoms with van der Waals surface area (Å²) in [4.78, 5) is 11.6. The Balaban J connectivity index is 2.45. The fraction of sp³-hybridized carbons (Fsp3) is 0.400. The summed E-state index contributed by atoms with van der Waals surface area (Å²) in [6.07, 6.45) is 4.70. The van der Waals surface area contributed by atoms with E-state index in [2.05, 4.69) is 5.32 Å². The molecule has 0 saturated heterocycles. The molecule has 1 atom stereocenters. The van der Waals surface area contributed by atoms with E-state index >= 15 is 0 Å². The van der Waals surface area contributed by atoms with Crippen molar-refractivity contribution in [3.63, 3.8) is 0 Å². The van der Waals surface area contributed by atoms with Crippen molar-refractivity contribution in [2.75, 3.05) is 6.54 Å². The maximum atomic E-state index is 11.6. The van der Waals surface area contributed by atoms with E-state index in [-0.39, 0.29) is 12.5 Å². The number of benzene rings is 1. The van der Waals surface area contributed by atoms with Gasteiger partial charge >= 0.3 is 0 Å². The van der Waals surface area contributed by atoms with E-state index < -0.39 is 5.60 Å². The van der Waals surface area contributed by atoms with Crippen molar-refractivity contribution in [3.05, 3.63) is 40.9 Å². The molecule has 104 valence electrons. The van der Waals surface area contributed by atoms with E-state index in [4.69, 9.17) is 11.6 Å². The summed E-state index contributed by atoms with van der Waals surface area (Å²) < 4.78 is 0. The number of hydrogen-bond acceptors (Lipinski definition) is 2. The monoisotopic (exact) mass is 281 g/mol. The summed E-state index contributed by atoms with van der Waals surface area (Å²) in [5, 5.41) is 13.3. The van der Waals surface area contributed by atoms with Gasteiger partial charge in [-0.05, 0) is 37.1 Å². The number of halogens is 1. The molecule has 0 aliphatic rings. The predicted molar refractivity (Wildman–Crippen MR) is 79.0 cm³/mol. The van der Waals surface area contributed by atoms with Crippen molar-refractivity contribution in [3.8, 4) is 0 Å². The van der Waals surface area contributed by atoms with Crippen LogP contribution in [-0.4, -0.2) is 23.2 Å². The first-order valence-corrected chi connectivity index (χ1v) is 6.74. The van der Waals surface area contributed by atoms with Crippen LogP contribution in [0.3, 0.4) is 0 Å². The average molecular weight is 282 g/mol. The summed E-state index contributed by atoms with van der Waals surface area (Å²) in [6.45, 7) is 3.97. The van der Waals surface area contributed by atoms with Gasteiger partial charge in [-0.3, -0.25) is 4.79 Å². The minimum atomic E-state index is -0.849. The van der Waals surface area contributed by atoms with E-state index in [9.17, 15) is 9.90 Å². The highest BCUT2D eigenvalue weighted by Gasteiger charge is 2.18. The van der Waals surface area contributed by atoms with Gasteiger partial charge in [0.1, 0.15) is 0 Å². The molecule has 0 aromatic heterocycles. The van der Waals surface area contributed by atoms with Crippen LogP contribution in [0.5, 0.6) is 0 Å². The first kappa shape index (κ1) is 15.7. The Kier molecular flexibility index (Phi) is 6.06. The molecule has 19 heavy (non-hydrogen) atoms. The molecule has 1 amide bonds. The van der Waals surface area contributed by atoms with E-state index in [0.717, 1.165) is 12.0 Å². The molecule has 3 nitrogen and oxygen atoms in total. The van der Waals surface area contributed by atoms with Crippen molar-refractivity contribution < 1.29 is 9.90 Å². The molecule has 4 heteroatoms. The van der Waals surface area contributed by atoms with E-state index in [1.54, 1.807) is 25.1 Å². The van der Waals surface area contributed by atoms with Gasteiger partial charge in [0.2, 0.25) is 5.91 Å². The Hall–Kier alpha value is -1.32. The highest BCUT2D eigenvalue weighted by molar-refractivity contribution is 6.30. The third kappa shape index (κ3) is 6.41. The molecule has 0 heterocycles. The fourth-order valence-electron chi connectivity index (χ4n) is 1.71. The van der Waals surface area contributed by atoms with Crippen molar-refractivity contribution in [2.45, 2.75) is 32.3 Å². The lowest BCUT2D eigenvalue weighted by Gasteiger charge is -2.22. The third-order valence-electron chi connectivity index (χ3n) is 2.73. The SMILES string of the molecule is CCCC(C)(O)CNC(=O)/C=C/c1ccc(Cl)cc1. The van der Waals surface area contributed by atoms with Gasteiger partial charge in [0.05, 0.1) is 5.60 Å². The number of nitrogens with one attached hydrogen (secondary N) is 1. The summed E-state index contributed by atoms with van der Waals surface area (Å²) in [6, 6.07) is 7.20. The van der Waals surface area contributed by atoms with Crippen LogP contribution in [0.1, 0.15) is 32.3 Å². The van der Waals surface area contributed by atoms with Gasteiger partial charge in [0.15, 0.2) is 0 Å². The highest BCUT2D eigenvalue weighted by atomic mass is 35.5. The summed E-state index contributed by atoms with van der Waals surface area (Å²) in [7, 11) is 0. The van der Waals surface area contributed by atoms with Crippen LogP contribution in [0.15, 0.2) is 30.3 Å². The molecule has 2 N–H and O–H groups in total. The lowest BCUT2D eigenvalue weighted by Crippen LogP contribution is -2.39. The quantitative estimate of drug-likeness (QED) is 0.788. The minimum Gasteiger partial charge on any atom is -0.388 e. The molecule has 0 fully saturated rings. The van der Waals surface area contributed by atoms with Gasteiger partial charge in [0.25, 0.3) is 0 Å². The van der Waals surface area contributed by atoms with Crippen LogP contribution < -0.4 is 5.32 Å². The largest absolute Gasteiger partial charge is 0.388 e. The number of rotatable bonds is 6. The van der Waals surface area contributed by atoms with Gasteiger partial charge < -0.3 is 10.4 Å². The smallest absolute Gasteiger partial charge is 0.244 e. The molecule has 1 rings (SSSR count). The lowest BCUT2D eigenvalue weighted by molar-refractivity contribution is -0.117. The van der Waals surface area contributed by atoms with E-state index in [1.807, 2.05) is 19.1 Å². The van der Waals surface area contributed by atoms with Gasteiger partial charge in [-0.2, -0.15) is 0 Å². The Morgan fingerprint density at radius 2 is 2.05 bits per heavy atom. The maximum Gasteiger partial charge on any atom is 0.244 e. The molecule has 1 aromatic carbocycles. The van der Waals surface area contributed by atoms with Crippen LogP contribution >= 0.6 is 11.6 Å². The number of aliphatic hydroxyl groups is 1. The molecule has 0 bridgehead atoms. The van der Waals surface area contributed by atoms with Crippen LogP contribution in [-0.2, 0) is 4.79 Å². The van der Waals surface area contributed by atoms with E-state index in [0.29, 0.717) is 11.4 Å². The molecular formula is C15H20ClNO2. The van der Waals surface area contributed by atoms with Crippen molar-refractivity contribution in [1.82, 2.24) is 5.32 Å². The molecular weight excluding hydrogens is 262 g/mol. The topological polar surface area (TPSA) is 49.3 Å². The second-order valence-electron chi connectivity index (χ2n) is 4.85. The van der Waals surface area contributed by atoms with Crippen molar-refractivity contribution in [2.24, 2.45) is 0 Å². The van der Waals surface area contributed by atoms with Gasteiger partial charge in [-0.25, -0.2) is 0 Å². The third-order valence-corrected chi connectivity index (χ3v) is 2.98. The lowest BCUT2D eigenvalue weighted by atomic mass is 10.0. The number of carbonyl (C=O) groups is 1. The molecule has 0 radical (unpaired) electrons. The summed E-state index contributed by atoms with van der Waals surface area (Å²) >= 11 is 5.77. The Bertz CT molecular complexity index is 438. The maximum absolute atomic E-state index is 11.6. The Labute approximate surface area is 119 Å². The van der Waals surface area contributed by atoms with Gasteiger partial charge in [0, 0.05) is 17.6 Å². The predicted octanol–water partition coefficient (Wildman–Crippen LogP) is 3.02. The zero-order chi connectivity index (χ0) is 14.3. The van der Waals surface area contributed by atoms with Crippen LogP contribution in [0, 0.1) is 0 Å². The number of hydrogen-bond donors (Lipinski definition) is 2. The van der Waals surface area contributed by atoms with E-state index in [1.165, 1.54) is 6.08 Å². The molecule has 0 aliphatic heterocycles. The molecule has 1 unspecified atom stereocenters. The van der Waals surface area contributed by atoms with Gasteiger partial charge in [-0.1, -0.05) is 37.1 Å². The number of amides is 1. The second kappa shape index (κ2) is 7.31. The normalized spacial score (nSPS) is 14.3. The first-order chi connectivity index (χ1) is 8.93. The molecule has 1 aromatic rings. The van der Waals surface area contributed by atoms with Crippen molar-refractivity contribution >= 4 is 23.6 Å². The summed E-state index contributed by atoms with van der Waals surface area (Å²) in [5.41, 5.74) is 0.0540. The minimum absolute atomic E-state index is 0.216.